The van der Waals surface area contributed by atoms with Crippen LogP contribution in [0.25, 0.3) is 44.7 Å². The Morgan fingerprint density at radius 3 is 2.70 bits per heavy atom. The summed E-state index contributed by atoms with van der Waals surface area (Å²) in [5.74, 6) is 0.417. The molecule has 40 heavy (non-hydrogen) atoms. The van der Waals surface area contributed by atoms with Crippen molar-refractivity contribution in [2.75, 3.05) is 23.3 Å². The van der Waals surface area contributed by atoms with Crippen molar-refractivity contribution >= 4 is 33.4 Å². The molecule has 0 spiro atoms. The Labute approximate surface area is 231 Å². The number of fused-ring (bicyclic) bond motifs is 2. The molecule has 1 aliphatic carbocycles. The van der Waals surface area contributed by atoms with Crippen LogP contribution in [0, 0.1) is 11.7 Å². The summed E-state index contributed by atoms with van der Waals surface area (Å²) < 4.78 is 15.3. The van der Waals surface area contributed by atoms with Crippen molar-refractivity contribution in [1.29, 1.82) is 0 Å². The topological polar surface area (TPSA) is 119 Å². The van der Waals surface area contributed by atoms with E-state index >= 15 is 4.39 Å². The lowest BCUT2D eigenvalue weighted by Crippen LogP contribution is -2.30. The molecular weight excluding hydrogens is 507 g/mol. The fourth-order valence-corrected chi connectivity index (χ4v) is 6.24. The molecule has 1 aliphatic heterocycles. The van der Waals surface area contributed by atoms with E-state index in [0.717, 1.165) is 55.4 Å². The van der Waals surface area contributed by atoms with Crippen LogP contribution < -0.4 is 10.2 Å². The molecule has 4 aromatic heterocycles. The number of aliphatic hydroxyl groups is 1. The number of benzene rings is 1. The zero-order valence-corrected chi connectivity index (χ0v) is 22.3. The number of hydrogen-bond donors (Lipinski definition) is 4. The van der Waals surface area contributed by atoms with E-state index in [2.05, 4.69) is 35.4 Å². The number of imidazole rings is 1. The summed E-state index contributed by atoms with van der Waals surface area (Å²) in [5, 5.41) is 22.1. The number of H-pyrrole nitrogens is 2. The maximum absolute atomic E-state index is 15.3. The summed E-state index contributed by atoms with van der Waals surface area (Å²) in [5.41, 5.74) is 5.46. The molecule has 1 aromatic carbocycles. The zero-order valence-electron chi connectivity index (χ0n) is 22.3. The number of aliphatic hydroxyl groups excluding tert-OH is 1. The lowest BCUT2D eigenvalue weighted by molar-refractivity contribution is 0.109. The molecule has 7 rings (SSSR count). The second kappa shape index (κ2) is 10.5. The summed E-state index contributed by atoms with van der Waals surface area (Å²) in [6.45, 7) is 2.02. The van der Waals surface area contributed by atoms with Gasteiger partial charge in [0.2, 0.25) is 0 Å². The van der Waals surface area contributed by atoms with Crippen molar-refractivity contribution in [2.45, 2.75) is 57.6 Å². The highest BCUT2D eigenvalue weighted by molar-refractivity contribution is 5.97. The van der Waals surface area contributed by atoms with Gasteiger partial charge in [0.05, 0.1) is 23.1 Å². The lowest BCUT2D eigenvalue weighted by Gasteiger charge is -2.28. The van der Waals surface area contributed by atoms with Gasteiger partial charge in [-0.25, -0.2) is 14.4 Å². The molecule has 0 bridgehead atoms. The van der Waals surface area contributed by atoms with Crippen LogP contribution in [0.4, 0.5) is 15.8 Å². The molecule has 0 radical (unpaired) electrons. The third-order valence-corrected chi connectivity index (χ3v) is 8.40. The highest BCUT2D eigenvalue weighted by Crippen LogP contribution is 2.35. The summed E-state index contributed by atoms with van der Waals surface area (Å²) in [4.78, 5) is 19.5. The molecule has 5 heterocycles. The number of hydrogen-bond acceptors (Lipinski definition) is 7. The van der Waals surface area contributed by atoms with Gasteiger partial charge in [0.25, 0.3) is 0 Å². The van der Waals surface area contributed by atoms with Crippen LogP contribution >= 0.6 is 0 Å². The van der Waals surface area contributed by atoms with Gasteiger partial charge in [0, 0.05) is 54.0 Å². The molecule has 1 unspecified atom stereocenters. The van der Waals surface area contributed by atoms with Crippen LogP contribution in [0.3, 0.4) is 0 Å². The predicted molar refractivity (Wildman–Crippen MR) is 154 cm³/mol. The van der Waals surface area contributed by atoms with Gasteiger partial charge in [0.15, 0.2) is 11.5 Å². The fraction of sp³-hybridized carbons (Fsp3) is 0.400. The normalized spacial score (nSPS) is 17.5. The first-order valence-corrected chi connectivity index (χ1v) is 14.3. The third kappa shape index (κ3) is 4.66. The highest BCUT2D eigenvalue weighted by atomic mass is 19.1. The molecule has 10 heteroatoms. The number of anilines is 2. The van der Waals surface area contributed by atoms with Gasteiger partial charge in [-0.2, -0.15) is 5.10 Å². The third-order valence-electron chi connectivity index (χ3n) is 8.40. The average Bonchev–Trinajstić information content (AvgIpc) is 3.61. The van der Waals surface area contributed by atoms with Crippen LogP contribution in [-0.4, -0.2) is 54.6 Å². The fourth-order valence-electron chi connectivity index (χ4n) is 6.24. The first-order valence-electron chi connectivity index (χ1n) is 14.3. The number of halogens is 1. The molecule has 9 nitrogen and oxygen atoms in total. The van der Waals surface area contributed by atoms with Crippen molar-refractivity contribution < 1.29 is 9.50 Å². The van der Waals surface area contributed by atoms with E-state index in [1.165, 1.54) is 31.7 Å². The second-order valence-electron chi connectivity index (χ2n) is 11.1. The van der Waals surface area contributed by atoms with Crippen molar-refractivity contribution in [2.24, 2.45) is 5.92 Å². The maximum atomic E-state index is 15.3. The number of aromatic amines is 2. The molecule has 1 atom stereocenters. The monoisotopic (exact) mass is 540 g/mol. The Morgan fingerprint density at radius 1 is 1.02 bits per heavy atom. The molecule has 206 valence electrons. The second-order valence-corrected chi connectivity index (χ2v) is 11.1. The van der Waals surface area contributed by atoms with Crippen LogP contribution in [0.1, 0.15) is 51.4 Å². The summed E-state index contributed by atoms with van der Waals surface area (Å²) in [7, 11) is 0. The summed E-state index contributed by atoms with van der Waals surface area (Å²) >= 11 is 0. The standard InChI is InChI=1S/C30H33FN8O/c31-23-15-24-22(14-21(23)19-13-20(17-32-16-19)34-30(40)18-7-3-1-4-8-18)26(38-37-24)29-35-27-25(9-10-33-28(27)36-29)39-11-5-2-6-12-39/h9-10,13-18,30,34,40H,1-8,11-12H2,(H,37,38)(H,33,35,36). The molecular formula is C30H33FN8O. The van der Waals surface area contributed by atoms with E-state index in [4.69, 9.17) is 4.98 Å². The minimum atomic E-state index is -0.651. The largest absolute Gasteiger partial charge is 0.374 e. The van der Waals surface area contributed by atoms with Crippen LogP contribution in [0.15, 0.2) is 42.9 Å². The van der Waals surface area contributed by atoms with Gasteiger partial charge in [0.1, 0.15) is 23.3 Å². The first-order chi connectivity index (χ1) is 19.6. The SMILES string of the molecule is OC(Nc1cncc(-c2cc3c(-c4nc5c(N6CCCCC6)ccnc5[nH]4)n[nH]c3cc2F)c1)C1CCCCC1. The quantitative estimate of drug-likeness (QED) is 0.195. The van der Waals surface area contributed by atoms with Gasteiger partial charge >= 0.3 is 0 Å². The molecule has 0 amide bonds. The van der Waals surface area contributed by atoms with Crippen molar-refractivity contribution in [3.63, 3.8) is 0 Å². The number of aromatic nitrogens is 6. The minimum Gasteiger partial charge on any atom is -0.374 e. The molecule has 1 saturated carbocycles. The Bertz CT molecular complexity index is 1650. The van der Waals surface area contributed by atoms with Gasteiger partial charge < -0.3 is 20.3 Å². The highest BCUT2D eigenvalue weighted by Gasteiger charge is 2.23. The number of rotatable bonds is 6. The van der Waals surface area contributed by atoms with E-state index in [-0.39, 0.29) is 11.7 Å². The Balaban J connectivity index is 1.22. The van der Waals surface area contributed by atoms with E-state index in [1.807, 2.05) is 18.3 Å². The van der Waals surface area contributed by atoms with Crippen molar-refractivity contribution in [1.82, 2.24) is 30.1 Å². The number of nitrogens with zero attached hydrogens (tertiary/aromatic N) is 5. The number of pyridine rings is 2. The smallest absolute Gasteiger partial charge is 0.161 e. The van der Waals surface area contributed by atoms with Crippen LogP contribution in [-0.2, 0) is 0 Å². The predicted octanol–water partition coefficient (Wildman–Crippen LogP) is 6.00. The Hall–Kier alpha value is -4.05. The molecule has 1 saturated heterocycles. The molecule has 5 aromatic rings. The lowest BCUT2D eigenvalue weighted by atomic mass is 9.88. The van der Waals surface area contributed by atoms with Crippen molar-refractivity contribution in [3.05, 3.63) is 48.7 Å². The first kappa shape index (κ1) is 25.0. The minimum absolute atomic E-state index is 0.215. The van der Waals surface area contributed by atoms with Gasteiger partial charge in [-0.3, -0.25) is 10.1 Å². The molecule has 2 fully saturated rings. The Kier molecular flexibility index (Phi) is 6.55. The number of nitrogens with one attached hydrogen (secondary N) is 3. The maximum Gasteiger partial charge on any atom is 0.161 e. The number of piperidine rings is 1. The summed E-state index contributed by atoms with van der Waals surface area (Å²) in [6, 6.07) is 7.10. The molecule has 2 aliphatic rings. The van der Waals surface area contributed by atoms with Crippen molar-refractivity contribution in [3.8, 4) is 22.6 Å². The van der Waals surface area contributed by atoms with E-state index in [9.17, 15) is 5.11 Å². The van der Waals surface area contributed by atoms with E-state index in [0.29, 0.717) is 39.5 Å². The van der Waals surface area contributed by atoms with E-state index in [1.54, 1.807) is 18.5 Å². The summed E-state index contributed by atoms with van der Waals surface area (Å²) in [6.07, 6.45) is 13.6. The molecule has 4 N–H and O–H groups in total. The van der Waals surface area contributed by atoms with Gasteiger partial charge in [-0.1, -0.05) is 19.3 Å². The zero-order chi connectivity index (χ0) is 27.1. The van der Waals surface area contributed by atoms with Gasteiger partial charge in [-0.05, 0) is 50.3 Å². The van der Waals surface area contributed by atoms with Crippen LogP contribution in [0.5, 0.6) is 0 Å². The van der Waals surface area contributed by atoms with Gasteiger partial charge in [-0.15, -0.1) is 0 Å². The van der Waals surface area contributed by atoms with E-state index < -0.39 is 6.23 Å². The average molecular weight is 541 g/mol. The van der Waals surface area contributed by atoms with Crippen LogP contribution in [0.2, 0.25) is 0 Å². The Morgan fingerprint density at radius 2 is 1.85 bits per heavy atom.